The lowest BCUT2D eigenvalue weighted by Crippen LogP contribution is -2.27. The van der Waals surface area contributed by atoms with Crippen molar-refractivity contribution in [2.75, 3.05) is 36.5 Å². The van der Waals surface area contributed by atoms with Crippen molar-refractivity contribution in [3.63, 3.8) is 0 Å². The van der Waals surface area contributed by atoms with Gasteiger partial charge in [-0.3, -0.25) is 4.79 Å². The summed E-state index contributed by atoms with van der Waals surface area (Å²) < 4.78 is 46.2. The van der Waals surface area contributed by atoms with Gasteiger partial charge in [0.2, 0.25) is 5.91 Å². The number of carbonyl (C=O) groups excluding carboxylic acids is 1. The Morgan fingerprint density at radius 2 is 2.05 bits per heavy atom. The molecule has 0 spiro atoms. The first-order valence-corrected chi connectivity index (χ1v) is 6.73. The van der Waals surface area contributed by atoms with Gasteiger partial charge in [0.25, 0.3) is 5.92 Å². The second kappa shape index (κ2) is 4.82. The van der Waals surface area contributed by atoms with E-state index in [-0.39, 0.29) is 37.6 Å². The third-order valence-electron chi connectivity index (χ3n) is 3.85. The molecule has 1 aromatic carbocycles. The van der Waals surface area contributed by atoms with Gasteiger partial charge >= 0.3 is 0 Å². The van der Waals surface area contributed by atoms with E-state index in [2.05, 4.69) is 0 Å². The molecule has 2 aliphatic heterocycles. The summed E-state index contributed by atoms with van der Waals surface area (Å²) in [7, 11) is 1.54. The Balaban J connectivity index is 1.98. The largest absolute Gasteiger partial charge is 0.491 e. The molecular formula is C14H15F3N2O2. The molecule has 0 bridgehead atoms. The Kier molecular flexibility index (Phi) is 3.22. The zero-order chi connectivity index (χ0) is 15.2. The van der Waals surface area contributed by atoms with Crippen molar-refractivity contribution in [2.45, 2.75) is 18.8 Å². The van der Waals surface area contributed by atoms with E-state index in [0.717, 1.165) is 0 Å². The summed E-state index contributed by atoms with van der Waals surface area (Å²) in [5.74, 6) is -3.26. The number of halogens is 3. The summed E-state index contributed by atoms with van der Waals surface area (Å²) in [6, 6.07) is 2.57. The highest BCUT2D eigenvalue weighted by molar-refractivity contribution is 5.95. The van der Waals surface area contributed by atoms with Crippen LogP contribution >= 0.6 is 0 Å². The maximum absolute atomic E-state index is 14.2. The molecule has 1 aromatic rings. The number of amides is 1. The van der Waals surface area contributed by atoms with E-state index in [0.29, 0.717) is 11.4 Å². The smallest absolute Gasteiger partial charge is 0.266 e. The summed E-state index contributed by atoms with van der Waals surface area (Å²) in [5, 5.41) is 0. The summed E-state index contributed by atoms with van der Waals surface area (Å²) >= 11 is 0. The molecule has 21 heavy (non-hydrogen) atoms. The minimum absolute atomic E-state index is 0.0914. The van der Waals surface area contributed by atoms with Crippen LogP contribution in [0.15, 0.2) is 12.1 Å². The van der Waals surface area contributed by atoms with Crippen LogP contribution in [-0.4, -0.2) is 38.6 Å². The maximum atomic E-state index is 14.2. The minimum atomic E-state index is -2.80. The average molecular weight is 300 g/mol. The standard InChI is InChI=1S/C14H15F3N2O2/c1-18-11-6-9(15)10(19-4-3-14(16,17)8-19)7-12(11)21-5-2-13(18)20/h6-7H,2-5,8H2,1H3. The molecule has 0 N–H and O–H groups in total. The lowest BCUT2D eigenvalue weighted by Gasteiger charge is -2.22. The van der Waals surface area contributed by atoms with Crippen LogP contribution in [0.25, 0.3) is 0 Å². The quantitative estimate of drug-likeness (QED) is 0.798. The van der Waals surface area contributed by atoms with Gasteiger partial charge in [0.1, 0.15) is 11.6 Å². The monoisotopic (exact) mass is 300 g/mol. The first kappa shape index (κ1) is 14.0. The van der Waals surface area contributed by atoms with E-state index in [1.165, 1.54) is 21.9 Å². The van der Waals surface area contributed by atoms with Crippen molar-refractivity contribution < 1.29 is 22.7 Å². The summed E-state index contributed by atoms with van der Waals surface area (Å²) in [4.78, 5) is 14.4. The predicted octanol–water partition coefficient (Wildman–Crippen LogP) is 2.42. The molecule has 0 atom stereocenters. The number of rotatable bonds is 1. The highest BCUT2D eigenvalue weighted by Gasteiger charge is 2.39. The number of fused-ring (bicyclic) bond motifs is 1. The molecule has 3 rings (SSSR count). The van der Waals surface area contributed by atoms with Crippen molar-refractivity contribution in [2.24, 2.45) is 0 Å². The number of benzene rings is 1. The van der Waals surface area contributed by atoms with Gasteiger partial charge in [0.15, 0.2) is 0 Å². The number of hydrogen-bond acceptors (Lipinski definition) is 3. The summed E-state index contributed by atoms with van der Waals surface area (Å²) in [5.41, 5.74) is 0.415. The molecule has 1 saturated heterocycles. The fraction of sp³-hybridized carbons (Fsp3) is 0.500. The Labute approximate surface area is 120 Å². The molecule has 1 fully saturated rings. The van der Waals surface area contributed by atoms with Crippen LogP contribution in [0.1, 0.15) is 12.8 Å². The lowest BCUT2D eigenvalue weighted by molar-refractivity contribution is -0.118. The summed E-state index contributed by atoms with van der Waals surface area (Å²) in [6.45, 7) is -0.216. The van der Waals surface area contributed by atoms with Crippen LogP contribution in [-0.2, 0) is 4.79 Å². The van der Waals surface area contributed by atoms with Crippen LogP contribution in [0.5, 0.6) is 5.75 Å². The van der Waals surface area contributed by atoms with Gasteiger partial charge in [-0.05, 0) is 0 Å². The van der Waals surface area contributed by atoms with E-state index in [9.17, 15) is 18.0 Å². The predicted molar refractivity (Wildman–Crippen MR) is 71.7 cm³/mol. The highest BCUT2D eigenvalue weighted by atomic mass is 19.3. The summed E-state index contributed by atoms with van der Waals surface area (Å²) in [6.07, 6.45) is -0.0906. The molecule has 7 heteroatoms. The molecule has 0 unspecified atom stereocenters. The lowest BCUT2D eigenvalue weighted by atomic mass is 10.2. The van der Waals surface area contributed by atoms with Crippen molar-refractivity contribution in [1.82, 2.24) is 0 Å². The maximum Gasteiger partial charge on any atom is 0.266 e. The van der Waals surface area contributed by atoms with E-state index in [1.807, 2.05) is 0 Å². The molecule has 4 nitrogen and oxygen atoms in total. The third kappa shape index (κ3) is 2.52. The first-order valence-electron chi connectivity index (χ1n) is 6.73. The number of anilines is 2. The Morgan fingerprint density at radius 1 is 1.29 bits per heavy atom. The van der Waals surface area contributed by atoms with Crippen LogP contribution in [0.4, 0.5) is 24.5 Å². The van der Waals surface area contributed by atoms with Gasteiger partial charge in [0, 0.05) is 32.1 Å². The number of alkyl halides is 2. The second-order valence-corrected chi connectivity index (χ2v) is 5.35. The van der Waals surface area contributed by atoms with Gasteiger partial charge in [-0.15, -0.1) is 0 Å². The van der Waals surface area contributed by atoms with Crippen molar-refractivity contribution in [3.8, 4) is 5.75 Å². The third-order valence-corrected chi connectivity index (χ3v) is 3.85. The highest BCUT2D eigenvalue weighted by Crippen LogP contribution is 2.39. The SMILES string of the molecule is CN1C(=O)CCOc2cc(N3CCC(F)(F)C3)c(F)cc21. The molecule has 1 amide bonds. The van der Waals surface area contributed by atoms with Crippen molar-refractivity contribution in [1.29, 1.82) is 0 Å². The number of hydrogen-bond donors (Lipinski definition) is 0. The molecule has 114 valence electrons. The number of carbonyl (C=O) groups is 1. The second-order valence-electron chi connectivity index (χ2n) is 5.35. The number of nitrogens with zero attached hydrogens (tertiary/aromatic N) is 2. The first-order chi connectivity index (χ1) is 9.87. The van der Waals surface area contributed by atoms with Gasteiger partial charge < -0.3 is 14.5 Å². The number of ether oxygens (including phenoxy) is 1. The molecule has 2 aliphatic rings. The van der Waals surface area contributed by atoms with E-state index in [1.54, 1.807) is 7.05 Å². The minimum Gasteiger partial charge on any atom is -0.491 e. The zero-order valence-corrected chi connectivity index (χ0v) is 11.5. The molecule has 0 radical (unpaired) electrons. The van der Waals surface area contributed by atoms with E-state index in [4.69, 9.17) is 4.74 Å². The Bertz CT molecular complexity index is 592. The van der Waals surface area contributed by atoms with E-state index >= 15 is 0 Å². The fourth-order valence-corrected chi connectivity index (χ4v) is 2.64. The van der Waals surface area contributed by atoms with Crippen LogP contribution in [0, 0.1) is 5.82 Å². The van der Waals surface area contributed by atoms with Gasteiger partial charge in [-0.25, -0.2) is 13.2 Å². The molecule has 2 heterocycles. The topological polar surface area (TPSA) is 32.8 Å². The van der Waals surface area contributed by atoms with Crippen molar-refractivity contribution >= 4 is 17.3 Å². The molecule has 0 aliphatic carbocycles. The van der Waals surface area contributed by atoms with Crippen LogP contribution in [0.3, 0.4) is 0 Å². The molecular weight excluding hydrogens is 285 g/mol. The zero-order valence-electron chi connectivity index (χ0n) is 11.5. The average Bonchev–Trinajstić information content (AvgIpc) is 2.72. The Morgan fingerprint density at radius 3 is 2.71 bits per heavy atom. The van der Waals surface area contributed by atoms with Crippen molar-refractivity contribution in [3.05, 3.63) is 17.9 Å². The fourth-order valence-electron chi connectivity index (χ4n) is 2.64. The van der Waals surface area contributed by atoms with Gasteiger partial charge in [-0.1, -0.05) is 0 Å². The van der Waals surface area contributed by atoms with Gasteiger partial charge in [0.05, 0.1) is 30.9 Å². The Hall–Kier alpha value is -1.92. The molecule has 0 aromatic heterocycles. The van der Waals surface area contributed by atoms with Crippen LogP contribution < -0.4 is 14.5 Å². The molecule has 0 saturated carbocycles. The van der Waals surface area contributed by atoms with Crippen LogP contribution in [0.2, 0.25) is 0 Å². The van der Waals surface area contributed by atoms with E-state index < -0.39 is 18.3 Å². The van der Waals surface area contributed by atoms with Gasteiger partial charge in [-0.2, -0.15) is 0 Å². The normalized spacial score (nSPS) is 21.0.